The monoisotopic (exact) mass is 437 g/mol. The molecule has 170 valence electrons. The Kier molecular flexibility index (Phi) is 7.20. The van der Waals surface area contributed by atoms with Crippen LogP contribution in [0.2, 0.25) is 0 Å². The van der Waals surface area contributed by atoms with Crippen molar-refractivity contribution in [3.8, 4) is 0 Å². The van der Waals surface area contributed by atoms with Crippen LogP contribution in [0.15, 0.2) is 48.5 Å². The average Bonchev–Trinajstić information content (AvgIpc) is 3.33. The summed E-state index contributed by atoms with van der Waals surface area (Å²) >= 11 is 0. The van der Waals surface area contributed by atoms with Gasteiger partial charge in [0.05, 0.1) is 6.04 Å². The van der Waals surface area contributed by atoms with E-state index in [4.69, 9.17) is 0 Å². The van der Waals surface area contributed by atoms with Gasteiger partial charge in [0, 0.05) is 38.3 Å². The minimum absolute atomic E-state index is 0.0416. The predicted molar refractivity (Wildman–Crippen MR) is 123 cm³/mol. The van der Waals surface area contributed by atoms with Crippen LogP contribution in [0.5, 0.6) is 0 Å². The molecule has 2 amide bonds. The number of nitrogens with one attached hydrogen (secondary N) is 1. The number of piperazine rings is 1. The first-order valence-electron chi connectivity index (χ1n) is 11.6. The normalized spacial score (nSPS) is 18.5. The van der Waals surface area contributed by atoms with Crippen molar-refractivity contribution in [2.24, 2.45) is 5.92 Å². The van der Waals surface area contributed by atoms with Crippen LogP contribution >= 0.6 is 0 Å². The molecule has 0 aromatic heterocycles. The maximum absolute atomic E-state index is 13.2. The third-order valence-corrected chi connectivity index (χ3v) is 6.87. The molecule has 4 rings (SSSR count). The summed E-state index contributed by atoms with van der Waals surface area (Å²) in [4.78, 5) is 30.4. The quantitative estimate of drug-likeness (QED) is 0.749. The molecule has 1 aliphatic heterocycles. The maximum Gasteiger partial charge on any atom is 0.254 e. The number of aryl methyl sites for hydroxylation is 1. The molecular formula is C26H32FN3O2. The smallest absolute Gasteiger partial charge is 0.254 e. The van der Waals surface area contributed by atoms with Crippen LogP contribution in [0, 0.1) is 18.7 Å². The molecule has 1 saturated carbocycles. The van der Waals surface area contributed by atoms with Gasteiger partial charge in [0.15, 0.2) is 0 Å². The lowest BCUT2D eigenvalue weighted by Gasteiger charge is -2.41. The largest absolute Gasteiger partial charge is 0.351 e. The molecule has 0 spiro atoms. The number of halogens is 1. The molecule has 1 heterocycles. The number of hydrogen-bond acceptors (Lipinski definition) is 3. The van der Waals surface area contributed by atoms with E-state index in [0.29, 0.717) is 38.6 Å². The summed E-state index contributed by atoms with van der Waals surface area (Å²) < 4.78 is 13.2. The summed E-state index contributed by atoms with van der Waals surface area (Å²) in [6.07, 6.45) is 4.46. The lowest BCUT2D eigenvalue weighted by atomic mass is 9.94. The molecule has 1 N–H and O–H groups in total. The third-order valence-electron chi connectivity index (χ3n) is 6.87. The number of nitrogens with zero attached hydrogens (tertiary/aromatic N) is 2. The van der Waals surface area contributed by atoms with Crippen LogP contribution in [0.4, 0.5) is 4.39 Å². The summed E-state index contributed by atoms with van der Waals surface area (Å²) in [7, 11) is 0. The number of benzene rings is 2. The molecule has 1 unspecified atom stereocenters. The summed E-state index contributed by atoms with van der Waals surface area (Å²) in [5, 5.41) is 3.08. The second-order valence-corrected chi connectivity index (χ2v) is 8.98. The summed E-state index contributed by atoms with van der Waals surface area (Å²) in [6.45, 7) is 5.01. The Morgan fingerprint density at radius 3 is 2.31 bits per heavy atom. The first-order valence-corrected chi connectivity index (χ1v) is 11.6. The third kappa shape index (κ3) is 5.18. The average molecular weight is 438 g/mol. The Balaban J connectivity index is 1.39. The molecule has 0 bridgehead atoms. The molecule has 0 radical (unpaired) electrons. The highest BCUT2D eigenvalue weighted by molar-refractivity contribution is 5.95. The zero-order valence-electron chi connectivity index (χ0n) is 18.7. The van der Waals surface area contributed by atoms with E-state index in [1.165, 1.54) is 12.1 Å². The predicted octanol–water partition coefficient (Wildman–Crippen LogP) is 3.77. The lowest BCUT2D eigenvalue weighted by Crippen LogP contribution is -2.57. The Bertz CT molecular complexity index is 932. The number of carbonyl (C=O) groups is 2. The van der Waals surface area contributed by atoms with E-state index in [1.54, 1.807) is 12.1 Å². The zero-order valence-corrected chi connectivity index (χ0v) is 18.7. The van der Waals surface area contributed by atoms with Crippen molar-refractivity contribution in [1.29, 1.82) is 0 Å². The van der Waals surface area contributed by atoms with Crippen molar-refractivity contribution in [2.75, 3.05) is 26.2 Å². The fraction of sp³-hybridized carbons (Fsp3) is 0.462. The highest BCUT2D eigenvalue weighted by atomic mass is 19.1. The molecule has 6 heteroatoms. The second-order valence-electron chi connectivity index (χ2n) is 8.98. The van der Waals surface area contributed by atoms with Crippen molar-refractivity contribution < 1.29 is 14.0 Å². The van der Waals surface area contributed by atoms with Crippen molar-refractivity contribution in [2.45, 2.75) is 45.2 Å². The van der Waals surface area contributed by atoms with Crippen molar-refractivity contribution in [3.63, 3.8) is 0 Å². The lowest BCUT2D eigenvalue weighted by molar-refractivity contribution is -0.129. The highest BCUT2D eigenvalue weighted by Gasteiger charge is 2.37. The summed E-state index contributed by atoms with van der Waals surface area (Å²) in [5.74, 6) is 0.185. The van der Waals surface area contributed by atoms with E-state index < -0.39 is 0 Å². The number of amides is 2. The van der Waals surface area contributed by atoms with Gasteiger partial charge >= 0.3 is 0 Å². The first-order chi connectivity index (χ1) is 15.5. The van der Waals surface area contributed by atoms with Crippen LogP contribution in [0.1, 0.15) is 47.2 Å². The van der Waals surface area contributed by atoms with E-state index in [2.05, 4.69) is 10.2 Å². The number of hydrogen-bond donors (Lipinski definition) is 1. The molecule has 32 heavy (non-hydrogen) atoms. The standard InChI is InChI=1S/C26H32FN3O2/c1-19-6-2-5-9-23(19)26(32)30-16-14-29(15-17-30)24(21-7-3-4-8-21)25(31)28-18-20-10-12-22(27)13-11-20/h2,5-6,9-13,21,24H,3-4,7-8,14-18H2,1H3,(H,28,31). The number of carbonyl (C=O) groups excluding carboxylic acids is 2. The van der Waals surface area contributed by atoms with E-state index in [1.807, 2.05) is 36.1 Å². The van der Waals surface area contributed by atoms with Crippen LogP contribution in [-0.2, 0) is 11.3 Å². The Hall–Kier alpha value is -2.73. The molecule has 2 aliphatic rings. The number of rotatable bonds is 6. The second kappa shape index (κ2) is 10.3. The summed E-state index contributed by atoms with van der Waals surface area (Å²) in [6, 6.07) is 13.8. The SMILES string of the molecule is Cc1ccccc1C(=O)N1CCN(C(C(=O)NCc2ccc(F)cc2)C2CCCC2)CC1. The minimum atomic E-state index is -0.276. The summed E-state index contributed by atoms with van der Waals surface area (Å²) in [5.41, 5.74) is 2.63. The van der Waals surface area contributed by atoms with E-state index in [9.17, 15) is 14.0 Å². The van der Waals surface area contributed by atoms with Crippen molar-refractivity contribution in [3.05, 3.63) is 71.0 Å². The first kappa shape index (κ1) is 22.5. The molecule has 1 atom stereocenters. The van der Waals surface area contributed by atoms with Gasteiger partial charge in [-0.3, -0.25) is 14.5 Å². The molecule has 1 saturated heterocycles. The molecular weight excluding hydrogens is 405 g/mol. The van der Waals surface area contributed by atoms with Gasteiger partial charge in [0.2, 0.25) is 5.91 Å². The Morgan fingerprint density at radius 2 is 1.66 bits per heavy atom. The van der Waals surface area contributed by atoms with Gasteiger partial charge in [0.1, 0.15) is 5.82 Å². The van der Waals surface area contributed by atoms with Crippen LogP contribution in [0.25, 0.3) is 0 Å². The molecule has 1 aliphatic carbocycles. The van der Waals surface area contributed by atoms with Gasteiger partial charge in [-0.05, 0) is 55.0 Å². The van der Waals surface area contributed by atoms with E-state index in [-0.39, 0.29) is 23.7 Å². The zero-order chi connectivity index (χ0) is 22.5. The fourth-order valence-corrected chi connectivity index (χ4v) is 5.03. The van der Waals surface area contributed by atoms with Gasteiger partial charge < -0.3 is 10.2 Å². The van der Waals surface area contributed by atoms with Gasteiger partial charge in [-0.1, -0.05) is 43.2 Å². The molecule has 5 nitrogen and oxygen atoms in total. The Labute approximate surface area is 189 Å². The minimum Gasteiger partial charge on any atom is -0.351 e. The van der Waals surface area contributed by atoms with Crippen molar-refractivity contribution >= 4 is 11.8 Å². The van der Waals surface area contributed by atoms with Crippen LogP contribution < -0.4 is 5.32 Å². The van der Waals surface area contributed by atoms with E-state index in [0.717, 1.165) is 42.4 Å². The fourth-order valence-electron chi connectivity index (χ4n) is 5.03. The van der Waals surface area contributed by atoms with Gasteiger partial charge in [0.25, 0.3) is 5.91 Å². The Morgan fingerprint density at radius 1 is 1.00 bits per heavy atom. The molecule has 2 fully saturated rings. The van der Waals surface area contributed by atoms with Gasteiger partial charge in [-0.2, -0.15) is 0 Å². The van der Waals surface area contributed by atoms with Gasteiger partial charge in [-0.15, -0.1) is 0 Å². The van der Waals surface area contributed by atoms with Crippen molar-refractivity contribution in [1.82, 2.24) is 15.1 Å². The maximum atomic E-state index is 13.2. The van der Waals surface area contributed by atoms with E-state index >= 15 is 0 Å². The molecule has 2 aromatic carbocycles. The molecule has 2 aromatic rings. The topological polar surface area (TPSA) is 52.7 Å². The van der Waals surface area contributed by atoms with Gasteiger partial charge in [-0.25, -0.2) is 4.39 Å². The highest BCUT2D eigenvalue weighted by Crippen LogP contribution is 2.31. The van der Waals surface area contributed by atoms with Crippen LogP contribution in [0.3, 0.4) is 0 Å². The van der Waals surface area contributed by atoms with Crippen LogP contribution in [-0.4, -0.2) is 53.8 Å².